The number of carbonyl (C=O) groups excluding carboxylic acids is 1. The van der Waals surface area contributed by atoms with Crippen LogP contribution in [0.1, 0.15) is 23.1 Å². The topological polar surface area (TPSA) is 98.9 Å². The first-order chi connectivity index (χ1) is 15.5. The average molecular weight is 472 g/mol. The molecule has 0 radical (unpaired) electrons. The number of hydrogen-bond acceptors (Lipinski definition) is 5. The molecule has 3 rings (SSSR count). The van der Waals surface area contributed by atoms with Crippen LogP contribution in [-0.2, 0) is 13.1 Å². The fraction of sp³-hybridized carbons (Fsp3) is 0.261. The van der Waals surface area contributed by atoms with Gasteiger partial charge in [-0.05, 0) is 48.4 Å². The minimum Gasteiger partial charge on any atom is -0.334 e. The number of amides is 2. The Hall–Kier alpha value is -2.81. The zero-order valence-electron chi connectivity index (χ0n) is 17.7. The van der Waals surface area contributed by atoms with Crippen LogP contribution in [-0.4, -0.2) is 28.3 Å². The van der Waals surface area contributed by atoms with Gasteiger partial charge >= 0.3 is 6.03 Å². The van der Waals surface area contributed by atoms with Crippen molar-refractivity contribution in [3.8, 4) is 11.1 Å². The summed E-state index contributed by atoms with van der Waals surface area (Å²) in [4.78, 5) is 31.4. The van der Waals surface area contributed by atoms with Crippen LogP contribution in [0.15, 0.2) is 53.5 Å². The summed E-state index contributed by atoms with van der Waals surface area (Å²) in [7, 11) is 0. The zero-order valence-corrected chi connectivity index (χ0v) is 19.4. The molecular weight excluding hydrogens is 446 g/mol. The minimum absolute atomic E-state index is 0.0660. The van der Waals surface area contributed by atoms with Crippen molar-refractivity contribution in [2.24, 2.45) is 0 Å². The van der Waals surface area contributed by atoms with Gasteiger partial charge in [0.15, 0.2) is 0 Å². The van der Waals surface area contributed by atoms with Crippen molar-refractivity contribution >= 4 is 36.2 Å². The molecule has 0 bridgehead atoms. The van der Waals surface area contributed by atoms with Crippen LogP contribution in [0, 0.1) is 6.92 Å². The summed E-state index contributed by atoms with van der Waals surface area (Å²) >= 11 is 10.6. The smallest absolute Gasteiger partial charge is 0.321 e. The Kier molecular flexibility index (Phi) is 8.72. The first kappa shape index (κ1) is 23.8. The molecule has 2 amide bonds. The van der Waals surface area contributed by atoms with Crippen LogP contribution in [0.5, 0.6) is 0 Å². The summed E-state index contributed by atoms with van der Waals surface area (Å²) in [6.07, 6.45) is 2.49. The Morgan fingerprint density at radius 1 is 1.16 bits per heavy atom. The monoisotopic (exact) mass is 471 g/mol. The van der Waals surface area contributed by atoms with Gasteiger partial charge in [-0.25, -0.2) is 4.79 Å². The Morgan fingerprint density at radius 3 is 2.62 bits per heavy atom. The van der Waals surface area contributed by atoms with Crippen LogP contribution in [0.3, 0.4) is 0 Å². The highest BCUT2D eigenvalue weighted by molar-refractivity contribution is 7.80. The Morgan fingerprint density at radius 2 is 1.94 bits per heavy atom. The van der Waals surface area contributed by atoms with E-state index in [1.165, 1.54) is 6.20 Å². The molecule has 1 aromatic heterocycles. The number of benzene rings is 2. The van der Waals surface area contributed by atoms with Crippen LogP contribution >= 0.6 is 24.2 Å². The van der Waals surface area contributed by atoms with Gasteiger partial charge in [-0.15, -0.1) is 0 Å². The van der Waals surface area contributed by atoms with Gasteiger partial charge in [-0.2, -0.15) is 17.6 Å². The highest BCUT2D eigenvalue weighted by atomic mass is 35.5. The highest BCUT2D eigenvalue weighted by Gasteiger charge is 2.10. The molecule has 0 saturated heterocycles. The predicted molar refractivity (Wildman–Crippen MR) is 133 cm³/mol. The van der Waals surface area contributed by atoms with Gasteiger partial charge in [-0.3, -0.25) is 10.1 Å². The number of H-pyrrole nitrogens is 1. The van der Waals surface area contributed by atoms with Gasteiger partial charge in [0.05, 0.1) is 5.56 Å². The van der Waals surface area contributed by atoms with E-state index in [9.17, 15) is 9.59 Å². The fourth-order valence-corrected chi connectivity index (χ4v) is 3.40. The Balaban J connectivity index is 1.60. The van der Waals surface area contributed by atoms with E-state index in [-0.39, 0.29) is 5.95 Å². The number of aryl methyl sites for hydroxylation is 1. The lowest BCUT2D eigenvalue weighted by atomic mass is 10.1. The number of carbonyl (C=O) groups is 1. The van der Waals surface area contributed by atoms with Gasteiger partial charge in [0.1, 0.15) is 0 Å². The largest absolute Gasteiger partial charge is 0.334 e. The van der Waals surface area contributed by atoms with Gasteiger partial charge in [0, 0.05) is 24.3 Å². The molecule has 3 aromatic rings. The standard InChI is InChI=1S/C23H26ClN5O2S/c1-15-3-5-16(6-4-15)12-27-23(31)29-22-26-14-19(21(30)28-22)17-7-8-18(20(24)11-17)13-25-9-2-10-32/h3-8,11,14,25,32H,2,9-10,12-13H2,1H3,(H3,26,27,28,29,30,31). The number of aromatic nitrogens is 2. The third-order valence-corrected chi connectivity index (χ3v) is 5.46. The number of nitrogens with zero attached hydrogens (tertiary/aromatic N) is 1. The van der Waals surface area contributed by atoms with E-state index < -0.39 is 11.6 Å². The molecular formula is C23H26ClN5O2S. The number of thiol groups is 1. The lowest BCUT2D eigenvalue weighted by Gasteiger charge is -2.10. The summed E-state index contributed by atoms with van der Waals surface area (Å²) in [5.41, 5.74) is 3.62. The van der Waals surface area contributed by atoms with Gasteiger partial charge in [0.2, 0.25) is 5.95 Å². The lowest BCUT2D eigenvalue weighted by molar-refractivity contribution is 0.251. The molecule has 7 nitrogen and oxygen atoms in total. The van der Waals surface area contributed by atoms with E-state index in [0.717, 1.165) is 35.4 Å². The number of anilines is 1. The molecule has 2 aromatic carbocycles. The van der Waals surface area contributed by atoms with Crippen LogP contribution in [0.2, 0.25) is 5.02 Å². The molecule has 0 aliphatic rings. The molecule has 4 N–H and O–H groups in total. The number of rotatable bonds is 9. The van der Waals surface area contributed by atoms with Crippen molar-refractivity contribution in [3.63, 3.8) is 0 Å². The second-order valence-electron chi connectivity index (χ2n) is 7.32. The quantitative estimate of drug-likeness (QED) is 0.239. The lowest BCUT2D eigenvalue weighted by Crippen LogP contribution is -2.30. The van der Waals surface area contributed by atoms with E-state index in [4.69, 9.17) is 11.6 Å². The zero-order chi connectivity index (χ0) is 22.9. The highest BCUT2D eigenvalue weighted by Crippen LogP contribution is 2.23. The summed E-state index contributed by atoms with van der Waals surface area (Å²) in [5, 5.41) is 9.14. The van der Waals surface area contributed by atoms with Gasteiger partial charge < -0.3 is 15.6 Å². The first-order valence-corrected chi connectivity index (χ1v) is 11.3. The molecule has 0 atom stereocenters. The average Bonchev–Trinajstić information content (AvgIpc) is 2.77. The van der Waals surface area contributed by atoms with E-state index >= 15 is 0 Å². The molecule has 0 fully saturated rings. The van der Waals surface area contributed by atoms with Crippen molar-refractivity contribution in [2.75, 3.05) is 17.6 Å². The summed E-state index contributed by atoms with van der Waals surface area (Å²) in [5.74, 6) is 0.894. The third-order valence-electron chi connectivity index (χ3n) is 4.79. The SMILES string of the molecule is Cc1ccc(CNC(=O)Nc2nc(=O)c(-c3ccc(CNCCCS)c(Cl)c3)c[nH]2)cc1. The summed E-state index contributed by atoms with van der Waals surface area (Å²) < 4.78 is 0. The molecule has 1 heterocycles. The van der Waals surface area contributed by atoms with Gasteiger partial charge in [-0.1, -0.05) is 53.6 Å². The van der Waals surface area contributed by atoms with Crippen molar-refractivity contribution in [1.29, 1.82) is 0 Å². The number of nitrogens with one attached hydrogen (secondary N) is 4. The van der Waals surface area contributed by atoms with Crippen LogP contribution in [0.25, 0.3) is 11.1 Å². The van der Waals surface area contributed by atoms with Crippen molar-refractivity contribution in [3.05, 3.63) is 80.7 Å². The second-order valence-corrected chi connectivity index (χ2v) is 8.18. The van der Waals surface area contributed by atoms with Crippen LogP contribution < -0.4 is 21.5 Å². The fourth-order valence-electron chi connectivity index (χ4n) is 2.99. The maximum absolute atomic E-state index is 12.5. The van der Waals surface area contributed by atoms with Crippen molar-refractivity contribution < 1.29 is 4.79 Å². The molecule has 0 aliphatic heterocycles. The number of halogens is 1. The number of hydrogen-bond donors (Lipinski definition) is 5. The van der Waals surface area contributed by atoms with Crippen molar-refractivity contribution in [2.45, 2.75) is 26.4 Å². The molecule has 0 unspecified atom stereocenters. The molecule has 0 spiro atoms. The Labute approximate surface area is 197 Å². The van der Waals surface area contributed by atoms with Gasteiger partial charge in [0.25, 0.3) is 5.56 Å². The normalized spacial score (nSPS) is 10.7. The summed E-state index contributed by atoms with van der Waals surface area (Å²) in [6, 6.07) is 12.8. The number of urea groups is 1. The number of aromatic amines is 1. The van der Waals surface area contributed by atoms with Crippen molar-refractivity contribution in [1.82, 2.24) is 20.6 Å². The van der Waals surface area contributed by atoms with E-state index in [0.29, 0.717) is 29.2 Å². The maximum Gasteiger partial charge on any atom is 0.321 e. The second kappa shape index (κ2) is 11.7. The first-order valence-electron chi connectivity index (χ1n) is 10.3. The molecule has 0 aliphatic carbocycles. The Bertz CT molecular complexity index is 1120. The maximum atomic E-state index is 12.5. The van der Waals surface area contributed by atoms with E-state index in [1.807, 2.05) is 43.3 Å². The predicted octanol–water partition coefficient (Wildman–Crippen LogP) is 4.13. The van der Waals surface area contributed by atoms with E-state index in [1.54, 1.807) is 6.07 Å². The molecule has 32 heavy (non-hydrogen) atoms. The third kappa shape index (κ3) is 6.85. The summed E-state index contributed by atoms with van der Waals surface area (Å²) in [6.45, 7) is 3.87. The molecule has 9 heteroatoms. The van der Waals surface area contributed by atoms with E-state index in [2.05, 4.69) is 38.5 Å². The molecule has 0 saturated carbocycles. The van der Waals surface area contributed by atoms with Crippen LogP contribution in [0.4, 0.5) is 10.7 Å². The molecule has 168 valence electrons. The minimum atomic E-state index is -0.465.